The normalized spacial score (nSPS) is 12.2. The summed E-state index contributed by atoms with van der Waals surface area (Å²) in [5.41, 5.74) is 0.848. The summed E-state index contributed by atoms with van der Waals surface area (Å²) in [6, 6.07) is 7.79. The molecule has 21 heavy (non-hydrogen) atoms. The summed E-state index contributed by atoms with van der Waals surface area (Å²) in [7, 11) is 5.67. The lowest BCUT2D eigenvalue weighted by Gasteiger charge is -2.22. The number of fused-ring (bicyclic) bond motifs is 1. The molecule has 6 heteroatoms. The van der Waals surface area contributed by atoms with Gasteiger partial charge in [0.05, 0.1) is 11.4 Å². The van der Waals surface area contributed by atoms with Gasteiger partial charge in [-0.3, -0.25) is 4.79 Å². The minimum Gasteiger partial charge on any atom is -0.481 e. The third kappa shape index (κ3) is 3.21. The van der Waals surface area contributed by atoms with E-state index < -0.39 is 11.9 Å². The number of rotatable bonds is 5. The number of aromatic nitrogens is 2. The van der Waals surface area contributed by atoms with Crippen molar-refractivity contribution in [1.82, 2.24) is 9.97 Å². The molecule has 0 amide bonds. The highest BCUT2D eigenvalue weighted by Gasteiger charge is 2.17. The molecule has 1 unspecified atom stereocenters. The number of anilines is 2. The minimum absolute atomic E-state index is 0.362. The molecular formula is C15H20N4O2. The topological polar surface area (TPSA) is 69.6 Å². The Kier molecular flexibility index (Phi) is 4.26. The zero-order valence-electron chi connectivity index (χ0n) is 12.7. The van der Waals surface area contributed by atoms with Gasteiger partial charge in [-0.1, -0.05) is 19.1 Å². The SMILES string of the molecule is CC(CN(C)c1nc(N(C)C)c2ccccc2n1)C(=O)O. The number of hydrogen-bond donors (Lipinski definition) is 1. The molecule has 0 aliphatic rings. The number of nitrogens with zero attached hydrogens (tertiary/aromatic N) is 4. The molecule has 0 saturated heterocycles. The zero-order valence-corrected chi connectivity index (χ0v) is 12.7. The highest BCUT2D eigenvalue weighted by atomic mass is 16.4. The van der Waals surface area contributed by atoms with Crippen LogP contribution in [0.1, 0.15) is 6.92 Å². The van der Waals surface area contributed by atoms with Crippen LogP contribution in [0.15, 0.2) is 24.3 Å². The lowest BCUT2D eigenvalue weighted by molar-refractivity contribution is -0.140. The summed E-state index contributed by atoms with van der Waals surface area (Å²) >= 11 is 0. The van der Waals surface area contributed by atoms with Crippen molar-refractivity contribution in [2.75, 3.05) is 37.5 Å². The predicted octanol–water partition coefficient (Wildman–Crippen LogP) is 1.85. The van der Waals surface area contributed by atoms with Crippen LogP contribution in [-0.4, -0.2) is 48.7 Å². The Morgan fingerprint density at radius 3 is 2.52 bits per heavy atom. The molecule has 2 rings (SSSR count). The number of hydrogen-bond acceptors (Lipinski definition) is 5. The second kappa shape index (κ2) is 5.95. The molecule has 1 atom stereocenters. The first-order chi connectivity index (χ1) is 9.90. The molecule has 0 bridgehead atoms. The first kappa shape index (κ1) is 15.0. The lowest BCUT2D eigenvalue weighted by Crippen LogP contribution is -2.30. The number of carbonyl (C=O) groups is 1. The van der Waals surface area contributed by atoms with E-state index in [1.54, 1.807) is 11.8 Å². The maximum atomic E-state index is 11.0. The van der Waals surface area contributed by atoms with Gasteiger partial charge in [-0.2, -0.15) is 4.98 Å². The molecular weight excluding hydrogens is 268 g/mol. The highest BCUT2D eigenvalue weighted by molar-refractivity contribution is 5.90. The monoisotopic (exact) mass is 288 g/mol. The van der Waals surface area contributed by atoms with E-state index in [2.05, 4.69) is 9.97 Å². The Balaban J connectivity index is 2.42. The molecule has 1 aromatic carbocycles. The van der Waals surface area contributed by atoms with Gasteiger partial charge in [0.25, 0.3) is 0 Å². The fourth-order valence-corrected chi connectivity index (χ4v) is 2.13. The lowest BCUT2D eigenvalue weighted by atomic mass is 10.2. The maximum absolute atomic E-state index is 11.0. The Morgan fingerprint density at radius 2 is 1.90 bits per heavy atom. The van der Waals surface area contributed by atoms with E-state index >= 15 is 0 Å². The van der Waals surface area contributed by atoms with Gasteiger partial charge in [0.15, 0.2) is 0 Å². The van der Waals surface area contributed by atoms with E-state index in [0.717, 1.165) is 16.7 Å². The van der Waals surface area contributed by atoms with Crippen LogP contribution in [0, 0.1) is 5.92 Å². The molecule has 0 spiro atoms. The molecule has 1 aromatic heterocycles. The van der Waals surface area contributed by atoms with Gasteiger partial charge in [0.2, 0.25) is 5.95 Å². The Morgan fingerprint density at radius 1 is 1.24 bits per heavy atom. The van der Waals surface area contributed by atoms with Crippen LogP contribution in [-0.2, 0) is 4.79 Å². The van der Waals surface area contributed by atoms with Crippen LogP contribution in [0.2, 0.25) is 0 Å². The van der Waals surface area contributed by atoms with E-state index in [1.165, 1.54) is 0 Å². The van der Waals surface area contributed by atoms with Crippen LogP contribution >= 0.6 is 0 Å². The van der Waals surface area contributed by atoms with Gasteiger partial charge >= 0.3 is 5.97 Å². The molecule has 112 valence electrons. The molecule has 0 radical (unpaired) electrons. The zero-order chi connectivity index (χ0) is 15.6. The van der Waals surface area contributed by atoms with Crippen LogP contribution in [0.25, 0.3) is 10.9 Å². The molecule has 0 saturated carbocycles. The summed E-state index contributed by atoms with van der Waals surface area (Å²) in [4.78, 5) is 23.8. The Bertz CT molecular complexity index is 657. The van der Waals surface area contributed by atoms with Crippen molar-refractivity contribution in [2.45, 2.75) is 6.92 Å². The second-order valence-corrected chi connectivity index (χ2v) is 5.38. The van der Waals surface area contributed by atoms with Crippen molar-refractivity contribution in [3.8, 4) is 0 Å². The number of aliphatic carboxylic acids is 1. The molecule has 1 N–H and O–H groups in total. The molecule has 6 nitrogen and oxygen atoms in total. The van der Waals surface area contributed by atoms with Gasteiger partial charge in [-0.05, 0) is 12.1 Å². The van der Waals surface area contributed by atoms with Crippen LogP contribution in [0.5, 0.6) is 0 Å². The van der Waals surface area contributed by atoms with E-state index in [0.29, 0.717) is 12.5 Å². The van der Waals surface area contributed by atoms with E-state index in [9.17, 15) is 4.79 Å². The van der Waals surface area contributed by atoms with Gasteiger partial charge in [-0.15, -0.1) is 0 Å². The minimum atomic E-state index is -0.824. The van der Waals surface area contributed by atoms with E-state index in [1.807, 2.05) is 50.3 Å². The standard InChI is InChI=1S/C15H20N4O2/c1-10(14(20)21)9-19(4)15-16-12-8-6-5-7-11(12)13(17-15)18(2)3/h5-8,10H,9H2,1-4H3,(H,20,21). The van der Waals surface area contributed by atoms with Gasteiger partial charge in [-0.25, -0.2) is 4.98 Å². The van der Waals surface area contributed by atoms with Crippen LogP contribution in [0.3, 0.4) is 0 Å². The number of carboxylic acid groups (broad SMARTS) is 1. The first-order valence-corrected chi connectivity index (χ1v) is 6.78. The van der Waals surface area contributed by atoms with Crippen LogP contribution in [0.4, 0.5) is 11.8 Å². The molecule has 0 aliphatic carbocycles. The summed E-state index contributed by atoms with van der Waals surface area (Å²) in [6.07, 6.45) is 0. The van der Waals surface area contributed by atoms with Crippen molar-refractivity contribution < 1.29 is 9.90 Å². The van der Waals surface area contributed by atoms with Gasteiger partial charge in [0, 0.05) is 33.1 Å². The third-order valence-corrected chi connectivity index (χ3v) is 3.31. The number of benzene rings is 1. The Labute approximate surface area is 124 Å². The highest BCUT2D eigenvalue weighted by Crippen LogP contribution is 2.25. The van der Waals surface area contributed by atoms with Crippen LogP contribution < -0.4 is 9.80 Å². The summed E-state index contributed by atoms with van der Waals surface area (Å²) in [6.45, 7) is 2.03. The van der Waals surface area contributed by atoms with Crippen molar-refractivity contribution in [1.29, 1.82) is 0 Å². The molecule has 0 aliphatic heterocycles. The van der Waals surface area contributed by atoms with Crippen molar-refractivity contribution in [3.05, 3.63) is 24.3 Å². The first-order valence-electron chi connectivity index (χ1n) is 6.78. The number of carboxylic acids is 1. The molecule has 2 aromatic rings. The molecule has 1 heterocycles. The van der Waals surface area contributed by atoms with Gasteiger partial charge in [0.1, 0.15) is 5.82 Å². The predicted molar refractivity (Wildman–Crippen MR) is 83.9 cm³/mol. The maximum Gasteiger partial charge on any atom is 0.308 e. The fourth-order valence-electron chi connectivity index (χ4n) is 2.13. The summed E-state index contributed by atoms with van der Waals surface area (Å²) in [5, 5.41) is 9.99. The summed E-state index contributed by atoms with van der Waals surface area (Å²) < 4.78 is 0. The third-order valence-electron chi connectivity index (χ3n) is 3.31. The molecule has 0 fully saturated rings. The van der Waals surface area contributed by atoms with Crippen molar-refractivity contribution in [3.63, 3.8) is 0 Å². The average Bonchev–Trinajstić information content (AvgIpc) is 2.45. The average molecular weight is 288 g/mol. The second-order valence-electron chi connectivity index (χ2n) is 5.38. The summed E-state index contributed by atoms with van der Waals surface area (Å²) in [5.74, 6) is 0.0549. The van der Waals surface area contributed by atoms with Crippen molar-refractivity contribution >= 4 is 28.6 Å². The fraction of sp³-hybridized carbons (Fsp3) is 0.400. The smallest absolute Gasteiger partial charge is 0.308 e. The van der Waals surface area contributed by atoms with Gasteiger partial charge < -0.3 is 14.9 Å². The van der Waals surface area contributed by atoms with Crippen molar-refractivity contribution in [2.24, 2.45) is 5.92 Å². The largest absolute Gasteiger partial charge is 0.481 e. The van der Waals surface area contributed by atoms with E-state index in [4.69, 9.17) is 5.11 Å². The Hall–Kier alpha value is -2.37. The number of para-hydroxylation sites is 1. The van der Waals surface area contributed by atoms with E-state index in [-0.39, 0.29) is 0 Å². The quantitative estimate of drug-likeness (QED) is 0.905.